The van der Waals surface area contributed by atoms with Crippen molar-refractivity contribution in [2.24, 2.45) is 0 Å². The van der Waals surface area contributed by atoms with E-state index in [9.17, 15) is 0 Å². The normalized spacial score (nSPS) is 21.8. The van der Waals surface area contributed by atoms with Gasteiger partial charge >= 0.3 is 0 Å². The molecule has 0 bridgehead atoms. The van der Waals surface area contributed by atoms with E-state index in [1.165, 1.54) is 0 Å². The van der Waals surface area contributed by atoms with E-state index in [2.05, 4.69) is 0 Å². The first-order chi connectivity index (χ1) is 11.8. The van der Waals surface area contributed by atoms with E-state index in [4.69, 9.17) is 29.3 Å². The van der Waals surface area contributed by atoms with Crippen LogP contribution in [-0.4, -0.2) is 28.7 Å². The van der Waals surface area contributed by atoms with Crippen LogP contribution in [-0.2, 0) is 29.3 Å². The molecule has 0 N–H and O–H groups in total. The Balaban J connectivity index is 2.97. The van der Waals surface area contributed by atoms with Crippen molar-refractivity contribution < 1.29 is 29.3 Å². The van der Waals surface area contributed by atoms with Gasteiger partial charge in [-0.15, -0.1) is 0 Å². The van der Waals surface area contributed by atoms with Crippen LogP contribution in [0.25, 0.3) is 0 Å². The Morgan fingerprint density at radius 3 is 1.69 bits per heavy atom. The number of rotatable bonds is 10. The molecule has 0 saturated heterocycles. The smallest absolute Gasteiger partial charge is 0.230 e. The van der Waals surface area contributed by atoms with Gasteiger partial charge in [-0.3, -0.25) is 0 Å². The summed E-state index contributed by atoms with van der Waals surface area (Å²) in [6, 6.07) is 0. The van der Waals surface area contributed by atoms with E-state index in [-0.39, 0.29) is 0 Å². The van der Waals surface area contributed by atoms with Gasteiger partial charge < -0.3 is 0 Å². The van der Waals surface area contributed by atoms with Gasteiger partial charge in [0.05, 0.1) is 16.8 Å². The van der Waals surface area contributed by atoms with Crippen LogP contribution in [0.4, 0.5) is 0 Å². The van der Waals surface area contributed by atoms with Crippen LogP contribution >= 0.6 is 0 Å². The van der Waals surface area contributed by atoms with Gasteiger partial charge in [-0.25, -0.2) is 19.6 Å². The van der Waals surface area contributed by atoms with Crippen molar-refractivity contribution in [2.45, 2.75) is 130 Å². The second kappa shape index (κ2) is 9.30. The van der Waals surface area contributed by atoms with Crippen LogP contribution < -0.4 is 0 Å². The van der Waals surface area contributed by atoms with Crippen molar-refractivity contribution in [3.8, 4) is 0 Å². The molecule has 1 saturated carbocycles. The highest BCUT2D eigenvalue weighted by molar-refractivity contribution is 4.84. The Labute approximate surface area is 159 Å². The third-order valence-electron chi connectivity index (χ3n) is 4.67. The lowest BCUT2D eigenvalue weighted by Gasteiger charge is -2.42. The fraction of sp³-hybridized carbons (Fsp3) is 1.00. The predicted molar refractivity (Wildman–Crippen MR) is 100.0 cm³/mol. The topological polar surface area (TPSA) is 55.4 Å². The Morgan fingerprint density at radius 1 is 0.769 bits per heavy atom. The molecule has 0 radical (unpaired) electrons. The van der Waals surface area contributed by atoms with Gasteiger partial charge in [-0.2, -0.15) is 9.78 Å². The van der Waals surface area contributed by atoms with Gasteiger partial charge in [-0.05, 0) is 74.1 Å². The Morgan fingerprint density at radius 2 is 1.27 bits per heavy atom. The largest absolute Gasteiger partial charge is 0.262 e. The minimum atomic E-state index is -1.16. The Bertz CT molecular complexity index is 393. The van der Waals surface area contributed by atoms with Crippen molar-refractivity contribution in [3.63, 3.8) is 0 Å². The maximum atomic E-state index is 5.89. The molecule has 6 nitrogen and oxygen atoms in total. The molecule has 156 valence electrons. The second-order valence-corrected chi connectivity index (χ2v) is 9.40. The van der Waals surface area contributed by atoms with Crippen LogP contribution in [0.1, 0.15) is 101 Å². The first-order valence-electron chi connectivity index (χ1n) is 9.93. The van der Waals surface area contributed by atoms with Gasteiger partial charge in [0.15, 0.2) is 6.10 Å². The third kappa shape index (κ3) is 7.79. The average molecular weight is 377 g/mol. The Hall–Kier alpha value is -0.240. The zero-order valence-corrected chi connectivity index (χ0v) is 18.3. The summed E-state index contributed by atoms with van der Waals surface area (Å²) < 4.78 is 0. The molecule has 0 aromatic carbocycles. The summed E-state index contributed by atoms with van der Waals surface area (Å²) in [7, 11) is 0. The van der Waals surface area contributed by atoms with Gasteiger partial charge in [0.25, 0.3) is 5.79 Å². The maximum absolute atomic E-state index is 5.89. The van der Waals surface area contributed by atoms with Crippen molar-refractivity contribution in [1.82, 2.24) is 0 Å². The standard InChI is InChI=1S/C20H40O6/c1-10-18(6,7)23-25-20(26-24-19(8,9)11-2)15-13-12-14-16(20)21-22-17(3,4)5/h16H,10-15H2,1-9H3. The minimum absolute atomic E-state index is 0.434. The summed E-state index contributed by atoms with van der Waals surface area (Å²) in [6.45, 7) is 17.8. The summed E-state index contributed by atoms with van der Waals surface area (Å²) in [5.74, 6) is -1.16. The van der Waals surface area contributed by atoms with E-state index >= 15 is 0 Å². The SMILES string of the molecule is CCC(C)(C)OOC1(OOC(C)(C)CC)CCCCC1OOC(C)(C)C. The van der Waals surface area contributed by atoms with Gasteiger partial charge in [0.2, 0.25) is 0 Å². The lowest BCUT2D eigenvalue weighted by molar-refractivity contribution is -0.577. The first kappa shape index (κ1) is 23.8. The molecule has 0 aliphatic heterocycles. The summed E-state index contributed by atoms with van der Waals surface area (Å²) in [4.78, 5) is 34.6. The molecular weight excluding hydrogens is 336 g/mol. The van der Waals surface area contributed by atoms with Gasteiger partial charge in [0, 0.05) is 6.42 Å². The highest BCUT2D eigenvalue weighted by Gasteiger charge is 2.50. The maximum Gasteiger partial charge on any atom is 0.262 e. The molecule has 1 rings (SSSR count). The molecule has 1 aliphatic rings. The molecule has 1 atom stereocenters. The molecule has 0 spiro atoms. The summed E-state index contributed by atoms with van der Waals surface area (Å²) >= 11 is 0. The minimum Gasteiger partial charge on any atom is -0.230 e. The molecule has 0 amide bonds. The molecule has 1 aliphatic carbocycles. The average Bonchev–Trinajstić information content (AvgIpc) is 2.57. The number of hydrogen-bond donors (Lipinski definition) is 0. The molecule has 6 heteroatoms. The van der Waals surface area contributed by atoms with Gasteiger partial charge in [0.1, 0.15) is 0 Å². The van der Waals surface area contributed by atoms with Crippen LogP contribution in [0.15, 0.2) is 0 Å². The monoisotopic (exact) mass is 376 g/mol. The van der Waals surface area contributed by atoms with Crippen molar-refractivity contribution >= 4 is 0 Å². The first-order valence-corrected chi connectivity index (χ1v) is 9.93. The summed E-state index contributed by atoms with van der Waals surface area (Å²) in [6.07, 6.45) is 4.42. The zero-order valence-electron chi connectivity index (χ0n) is 18.3. The molecular formula is C20H40O6. The fourth-order valence-electron chi connectivity index (χ4n) is 2.09. The lowest BCUT2D eigenvalue weighted by Crippen LogP contribution is -2.53. The fourth-order valence-corrected chi connectivity index (χ4v) is 2.09. The van der Waals surface area contributed by atoms with E-state index in [0.717, 1.165) is 32.1 Å². The van der Waals surface area contributed by atoms with Crippen molar-refractivity contribution in [2.75, 3.05) is 0 Å². The summed E-state index contributed by atoms with van der Waals surface area (Å²) in [5.41, 5.74) is -1.32. The third-order valence-corrected chi connectivity index (χ3v) is 4.67. The molecule has 1 fully saturated rings. The summed E-state index contributed by atoms with van der Waals surface area (Å²) in [5, 5.41) is 0. The molecule has 0 heterocycles. The van der Waals surface area contributed by atoms with Crippen molar-refractivity contribution in [1.29, 1.82) is 0 Å². The lowest BCUT2D eigenvalue weighted by atomic mass is 9.91. The van der Waals surface area contributed by atoms with Crippen LogP contribution in [0.2, 0.25) is 0 Å². The predicted octanol–water partition coefficient (Wildman–Crippen LogP) is 5.65. The molecule has 0 aromatic rings. The highest BCUT2D eigenvalue weighted by atomic mass is 17.3. The zero-order chi connectivity index (χ0) is 20.1. The second-order valence-electron chi connectivity index (χ2n) is 9.40. The van der Waals surface area contributed by atoms with E-state index in [1.54, 1.807) is 0 Å². The Kier molecular flexibility index (Phi) is 8.52. The van der Waals surface area contributed by atoms with Crippen LogP contribution in [0, 0.1) is 0 Å². The molecule has 0 aromatic heterocycles. The highest BCUT2D eigenvalue weighted by Crippen LogP contribution is 2.39. The quantitative estimate of drug-likeness (QED) is 0.279. The van der Waals surface area contributed by atoms with E-state index in [0.29, 0.717) is 6.42 Å². The van der Waals surface area contributed by atoms with Gasteiger partial charge in [-0.1, -0.05) is 20.3 Å². The van der Waals surface area contributed by atoms with Crippen LogP contribution in [0.3, 0.4) is 0 Å². The van der Waals surface area contributed by atoms with Crippen LogP contribution in [0.5, 0.6) is 0 Å². The van der Waals surface area contributed by atoms with E-state index < -0.39 is 28.7 Å². The molecule has 1 unspecified atom stereocenters. The van der Waals surface area contributed by atoms with E-state index in [1.807, 2.05) is 62.3 Å². The number of hydrogen-bond acceptors (Lipinski definition) is 6. The molecule has 26 heavy (non-hydrogen) atoms. The van der Waals surface area contributed by atoms with Crippen molar-refractivity contribution in [3.05, 3.63) is 0 Å².